The molecule has 6 nitrogen and oxygen atoms in total. The van der Waals surface area contributed by atoms with Crippen LogP contribution in [0.1, 0.15) is 41.9 Å². The van der Waals surface area contributed by atoms with Crippen molar-refractivity contribution in [2.24, 2.45) is 0 Å². The number of rotatable bonds is 10. The van der Waals surface area contributed by atoms with Crippen molar-refractivity contribution < 1.29 is 0 Å². The van der Waals surface area contributed by atoms with E-state index in [1.807, 2.05) is 84.7 Å². The minimum absolute atomic E-state index is 0.531. The lowest BCUT2D eigenvalue weighted by Crippen LogP contribution is -2.39. The maximum atomic E-state index is 6.84. The van der Waals surface area contributed by atoms with Crippen LogP contribution in [0.15, 0.2) is 140 Å². The number of hydrogen-bond acceptors (Lipinski definition) is 5. The van der Waals surface area contributed by atoms with Gasteiger partial charge in [0.05, 0.1) is 27.1 Å². The van der Waals surface area contributed by atoms with Gasteiger partial charge in [0, 0.05) is 18.3 Å². The van der Waals surface area contributed by atoms with Gasteiger partial charge >= 0.3 is 0 Å². The Bertz CT molecular complexity index is 2090. The van der Waals surface area contributed by atoms with Crippen molar-refractivity contribution in [1.29, 1.82) is 0 Å². The lowest BCUT2D eigenvalue weighted by molar-refractivity contribution is 0.396. The van der Waals surface area contributed by atoms with Crippen molar-refractivity contribution in [3.63, 3.8) is 0 Å². The molecule has 2 heterocycles. The van der Waals surface area contributed by atoms with Crippen molar-refractivity contribution >= 4 is 34.6 Å². The number of halogens is 2. The average molecular weight is 696 g/mol. The Hall–Kier alpha value is -5.30. The molecule has 0 saturated heterocycles. The lowest BCUT2D eigenvalue weighted by Gasteiger charge is -2.34. The average Bonchev–Trinajstić information content (AvgIpc) is 3.67. The van der Waals surface area contributed by atoms with Gasteiger partial charge in [0.25, 0.3) is 0 Å². The van der Waals surface area contributed by atoms with E-state index < -0.39 is 5.54 Å². The van der Waals surface area contributed by atoms with E-state index in [0.29, 0.717) is 15.9 Å². The maximum absolute atomic E-state index is 6.84. The number of pyridine rings is 1. The van der Waals surface area contributed by atoms with Gasteiger partial charge in [0.1, 0.15) is 0 Å². The van der Waals surface area contributed by atoms with Gasteiger partial charge in [-0.15, -0.1) is 15.0 Å². The molecular weight excluding hydrogens is 659 g/mol. The summed E-state index contributed by atoms with van der Waals surface area (Å²) in [7, 11) is 1.98. The molecule has 0 aliphatic heterocycles. The van der Waals surface area contributed by atoms with Crippen LogP contribution in [0, 0.1) is 0 Å². The third-order valence-corrected chi connectivity index (χ3v) is 10.0. The van der Waals surface area contributed by atoms with Crippen LogP contribution >= 0.6 is 23.2 Å². The summed E-state index contributed by atoms with van der Waals surface area (Å²) in [6, 6.07) is 47.6. The minimum atomic E-state index is -0.860. The highest BCUT2D eigenvalue weighted by molar-refractivity contribution is 6.40. The van der Waals surface area contributed by atoms with E-state index in [4.69, 9.17) is 43.6 Å². The summed E-state index contributed by atoms with van der Waals surface area (Å²) in [5, 5.41) is 15.8. The fourth-order valence-electron chi connectivity index (χ4n) is 6.67. The third kappa shape index (κ3) is 5.85. The summed E-state index contributed by atoms with van der Waals surface area (Å²) in [6.45, 7) is 4.10. The quantitative estimate of drug-likeness (QED) is 0.133. The molecule has 8 heteroatoms. The Labute approximate surface area is 303 Å². The normalized spacial score (nSPS) is 11.5. The lowest BCUT2D eigenvalue weighted by atomic mass is 9.77. The van der Waals surface area contributed by atoms with Crippen LogP contribution in [0.3, 0.4) is 0 Å². The first-order valence-corrected chi connectivity index (χ1v) is 17.5. The van der Waals surface area contributed by atoms with E-state index >= 15 is 0 Å². The van der Waals surface area contributed by atoms with E-state index in [9.17, 15) is 0 Å². The predicted molar refractivity (Wildman–Crippen MR) is 204 cm³/mol. The molecule has 2 aromatic heterocycles. The first-order chi connectivity index (χ1) is 24.5. The van der Waals surface area contributed by atoms with Gasteiger partial charge in [-0.25, -0.2) is 0 Å². The molecule has 248 valence electrons. The monoisotopic (exact) mass is 694 g/mol. The molecule has 50 heavy (non-hydrogen) atoms. The number of hydrogen-bond donors (Lipinski definition) is 0. The van der Waals surface area contributed by atoms with Crippen LogP contribution in [-0.4, -0.2) is 32.2 Å². The zero-order valence-corrected chi connectivity index (χ0v) is 29.6. The smallest absolute Gasteiger partial charge is 0.205 e. The second-order valence-electron chi connectivity index (χ2n) is 12.1. The molecule has 0 unspecified atom stereocenters. The number of aromatic nitrogens is 5. The molecule has 7 rings (SSSR count). The molecule has 0 spiro atoms. The number of aryl methyl sites for hydroxylation is 2. The number of anilines is 2. The molecule has 0 radical (unpaired) electrons. The Kier molecular flexibility index (Phi) is 9.48. The summed E-state index contributed by atoms with van der Waals surface area (Å²) < 4.78 is 0. The van der Waals surface area contributed by atoms with Gasteiger partial charge in [0.15, 0.2) is 5.54 Å². The fraction of sp³-hybridized carbons (Fsp3) is 0.143. The third-order valence-electron chi connectivity index (χ3n) is 9.22. The van der Waals surface area contributed by atoms with Crippen LogP contribution in [0.5, 0.6) is 0 Å². The Morgan fingerprint density at radius 2 is 1.06 bits per heavy atom. The summed E-state index contributed by atoms with van der Waals surface area (Å²) in [6.07, 6.45) is 1.45. The van der Waals surface area contributed by atoms with Crippen LogP contribution in [0.2, 0.25) is 10.0 Å². The zero-order valence-electron chi connectivity index (χ0n) is 28.1. The summed E-state index contributed by atoms with van der Waals surface area (Å²) in [5.74, 6) is 0.531. The number of benzene rings is 5. The molecule has 0 N–H and O–H groups in total. The van der Waals surface area contributed by atoms with E-state index in [-0.39, 0.29) is 0 Å². The van der Waals surface area contributed by atoms with Crippen LogP contribution in [-0.2, 0) is 18.4 Å². The summed E-state index contributed by atoms with van der Waals surface area (Å²) in [4.78, 5) is 8.49. The fourth-order valence-corrected chi connectivity index (χ4v) is 7.51. The summed E-state index contributed by atoms with van der Waals surface area (Å²) in [5.41, 5.74) is 8.52. The topological polar surface area (TPSA) is 59.7 Å². The van der Waals surface area contributed by atoms with Crippen molar-refractivity contribution in [3.05, 3.63) is 178 Å². The molecular formula is C42H36Cl2N6. The zero-order chi connectivity index (χ0) is 34.7. The van der Waals surface area contributed by atoms with E-state index in [2.05, 4.69) is 80.6 Å². The van der Waals surface area contributed by atoms with Crippen molar-refractivity contribution in [1.82, 2.24) is 25.2 Å². The SMILES string of the molecule is CCc1nc(CC)c(Cl)c(N(C)c2ccc(-c3ccccc3-c3nnn(C(c4ccccc4)(c4ccccc4)c4ccccc4)n3)cc2)c1Cl. The Morgan fingerprint density at radius 3 is 1.54 bits per heavy atom. The molecule has 0 saturated carbocycles. The van der Waals surface area contributed by atoms with Gasteiger partial charge < -0.3 is 4.90 Å². The second kappa shape index (κ2) is 14.3. The van der Waals surface area contributed by atoms with Gasteiger partial charge in [-0.2, -0.15) is 0 Å². The van der Waals surface area contributed by atoms with Gasteiger partial charge in [-0.3, -0.25) is 4.98 Å². The van der Waals surface area contributed by atoms with Crippen molar-refractivity contribution in [3.8, 4) is 22.5 Å². The standard InChI is InChI=1S/C42H36Cl2N6/c1-4-36-38(43)40(39(44)37(5-2)45-36)49(3)33-27-25-29(26-28-33)34-23-15-16-24-35(34)41-46-48-50(47-41)42(30-17-9-6-10-18-30,31-19-11-7-12-20-31)32-21-13-8-14-22-32/h6-28H,4-5H2,1-3H3. The second-order valence-corrected chi connectivity index (χ2v) is 12.8. The Balaban J connectivity index is 1.31. The van der Waals surface area contributed by atoms with Gasteiger partial charge in [0.2, 0.25) is 5.82 Å². The van der Waals surface area contributed by atoms with Gasteiger partial charge in [-0.05, 0) is 58.0 Å². The van der Waals surface area contributed by atoms with Crippen molar-refractivity contribution in [2.75, 3.05) is 11.9 Å². The Morgan fingerprint density at radius 1 is 0.600 bits per heavy atom. The highest BCUT2D eigenvalue weighted by atomic mass is 35.5. The van der Waals surface area contributed by atoms with Crippen LogP contribution in [0.4, 0.5) is 11.4 Å². The number of nitrogens with zero attached hydrogens (tertiary/aromatic N) is 6. The van der Waals surface area contributed by atoms with Crippen molar-refractivity contribution in [2.45, 2.75) is 32.2 Å². The van der Waals surface area contributed by atoms with E-state index in [1.165, 1.54) is 0 Å². The summed E-state index contributed by atoms with van der Waals surface area (Å²) >= 11 is 13.7. The largest absolute Gasteiger partial charge is 0.342 e. The minimum Gasteiger partial charge on any atom is -0.342 e. The van der Waals surface area contributed by atoms with Crippen LogP contribution in [0.25, 0.3) is 22.5 Å². The molecule has 0 amide bonds. The highest BCUT2D eigenvalue weighted by Crippen LogP contribution is 2.42. The molecule has 0 fully saturated rings. The molecule has 0 aliphatic rings. The maximum Gasteiger partial charge on any atom is 0.205 e. The first kappa shape index (κ1) is 33.2. The highest BCUT2D eigenvalue weighted by Gasteiger charge is 2.41. The first-order valence-electron chi connectivity index (χ1n) is 16.7. The predicted octanol–water partition coefficient (Wildman–Crippen LogP) is 10.4. The van der Waals surface area contributed by atoms with E-state index in [1.54, 1.807) is 4.80 Å². The van der Waals surface area contributed by atoms with E-state index in [0.717, 1.165) is 69.0 Å². The number of tetrazole rings is 1. The molecule has 0 atom stereocenters. The van der Waals surface area contributed by atoms with Crippen LogP contribution < -0.4 is 4.90 Å². The molecule has 0 bridgehead atoms. The molecule has 7 aromatic rings. The molecule has 5 aromatic carbocycles. The van der Waals surface area contributed by atoms with Gasteiger partial charge in [-0.1, -0.05) is 164 Å². The molecule has 0 aliphatic carbocycles.